The lowest BCUT2D eigenvalue weighted by Gasteiger charge is -2.19. The number of amides is 2. The first-order valence-electron chi connectivity index (χ1n) is 5.36. The van der Waals surface area contributed by atoms with Gasteiger partial charge < -0.3 is 15.7 Å². The lowest BCUT2D eigenvalue weighted by atomic mass is 9.94. The van der Waals surface area contributed by atoms with Crippen LogP contribution in [0.1, 0.15) is 13.8 Å². The molecule has 2 amide bonds. The molecule has 0 spiro atoms. The molecule has 1 rings (SSSR count). The number of benzene rings is 1. The Morgan fingerprint density at radius 1 is 1.33 bits per heavy atom. The number of aliphatic carboxylic acids is 1. The van der Waals surface area contributed by atoms with Gasteiger partial charge in [0.15, 0.2) is 0 Å². The van der Waals surface area contributed by atoms with Gasteiger partial charge in [0, 0.05) is 11.0 Å². The van der Waals surface area contributed by atoms with Gasteiger partial charge in [-0.05, 0) is 41.9 Å². The third-order valence-electron chi connectivity index (χ3n) is 2.39. The number of carboxylic acid groups (broad SMARTS) is 1. The van der Waals surface area contributed by atoms with Crippen LogP contribution in [0.2, 0.25) is 0 Å². The molecule has 0 radical (unpaired) electrons. The zero-order valence-electron chi connectivity index (χ0n) is 10.2. The van der Waals surface area contributed by atoms with E-state index in [2.05, 4.69) is 26.6 Å². The molecular weight excluding hydrogens is 300 g/mol. The van der Waals surface area contributed by atoms with Crippen LogP contribution in [0.25, 0.3) is 0 Å². The summed E-state index contributed by atoms with van der Waals surface area (Å²) in [6.07, 6.45) is 0. The first-order valence-corrected chi connectivity index (χ1v) is 6.15. The van der Waals surface area contributed by atoms with Crippen molar-refractivity contribution in [3.05, 3.63) is 28.7 Å². The summed E-state index contributed by atoms with van der Waals surface area (Å²) < 4.78 is 0.762. The number of para-hydroxylation sites is 1. The van der Waals surface area contributed by atoms with Gasteiger partial charge in [-0.1, -0.05) is 12.1 Å². The second-order valence-corrected chi connectivity index (χ2v) is 5.33. The fourth-order valence-corrected chi connectivity index (χ4v) is 1.49. The van der Waals surface area contributed by atoms with E-state index in [1.54, 1.807) is 32.0 Å². The molecule has 0 aromatic heterocycles. The molecule has 18 heavy (non-hydrogen) atoms. The highest BCUT2D eigenvalue weighted by Gasteiger charge is 2.27. The average Bonchev–Trinajstić information content (AvgIpc) is 2.29. The highest BCUT2D eigenvalue weighted by molar-refractivity contribution is 9.10. The highest BCUT2D eigenvalue weighted by atomic mass is 79.9. The van der Waals surface area contributed by atoms with Crippen LogP contribution in [0.15, 0.2) is 28.7 Å². The normalized spacial score (nSPS) is 10.8. The van der Waals surface area contributed by atoms with Crippen molar-refractivity contribution in [1.82, 2.24) is 5.32 Å². The van der Waals surface area contributed by atoms with E-state index < -0.39 is 17.4 Å². The summed E-state index contributed by atoms with van der Waals surface area (Å²) >= 11 is 3.30. The summed E-state index contributed by atoms with van der Waals surface area (Å²) in [5, 5.41) is 14.1. The lowest BCUT2D eigenvalue weighted by molar-refractivity contribution is -0.146. The number of urea groups is 1. The number of nitrogens with one attached hydrogen (secondary N) is 2. The number of carboxylic acids is 1. The summed E-state index contributed by atoms with van der Waals surface area (Å²) in [4.78, 5) is 22.5. The predicted molar refractivity (Wildman–Crippen MR) is 72.6 cm³/mol. The Morgan fingerprint density at radius 2 is 1.94 bits per heavy atom. The van der Waals surface area contributed by atoms with E-state index in [1.165, 1.54) is 0 Å². The van der Waals surface area contributed by atoms with Crippen molar-refractivity contribution in [2.24, 2.45) is 5.41 Å². The van der Waals surface area contributed by atoms with Crippen molar-refractivity contribution in [3.63, 3.8) is 0 Å². The molecule has 0 aliphatic heterocycles. The Morgan fingerprint density at radius 3 is 2.50 bits per heavy atom. The van der Waals surface area contributed by atoms with Gasteiger partial charge in [-0.15, -0.1) is 0 Å². The molecule has 0 heterocycles. The Bertz CT molecular complexity index is 460. The van der Waals surface area contributed by atoms with E-state index >= 15 is 0 Å². The van der Waals surface area contributed by atoms with E-state index in [0.29, 0.717) is 5.69 Å². The van der Waals surface area contributed by atoms with Crippen molar-refractivity contribution in [1.29, 1.82) is 0 Å². The molecule has 1 aromatic carbocycles. The maximum Gasteiger partial charge on any atom is 0.319 e. The Kier molecular flexibility index (Phi) is 4.72. The molecule has 0 fully saturated rings. The van der Waals surface area contributed by atoms with Gasteiger partial charge in [-0.25, -0.2) is 4.79 Å². The number of anilines is 1. The number of hydrogen-bond acceptors (Lipinski definition) is 2. The van der Waals surface area contributed by atoms with Crippen molar-refractivity contribution in [2.75, 3.05) is 11.9 Å². The van der Waals surface area contributed by atoms with Gasteiger partial charge in [0.25, 0.3) is 0 Å². The zero-order chi connectivity index (χ0) is 13.8. The smallest absolute Gasteiger partial charge is 0.319 e. The minimum atomic E-state index is -0.995. The van der Waals surface area contributed by atoms with Gasteiger partial charge in [-0.2, -0.15) is 0 Å². The van der Waals surface area contributed by atoms with E-state index in [1.807, 2.05) is 6.07 Å². The fourth-order valence-electron chi connectivity index (χ4n) is 1.11. The first-order chi connectivity index (χ1) is 8.33. The van der Waals surface area contributed by atoms with Crippen LogP contribution >= 0.6 is 15.9 Å². The first kappa shape index (κ1) is 14.5. The Hall–Kier alpha value is -1.56. The number of halogens is 1. The molecule has 0 atom stereocenters. The third kappa shape index (κ3) is 4.03. The summed E-state index contributed by atoms with van der Waals surface area (Å²) in [6.45, 7) is 3.15. The largest absolute Gasteiger partial charge is 0.481 e. The van der Waals surface area contributed by atoms with Crippen LogP contribution in [-0.4, -0.2) is 23.7 Å². The van der Waals surface area contributed by atoms with E-state index in [-0.39, 0.29) is 6.54 Å². The van der Waals surface area contributed by atoms with Crippen molar-refractivity contribution < 1.29 is 14.7 Å². The summed E-state index contributed by atoms with van der Waals surface area (Å²) in [5.74, 6) is -0.955. The van der Waals surface area contributed by atoms with Gasteiger partial charge >= 0.3 is 12.0 Å². The quantitative estimate of drug-likeness (QED) is 0.799. The van der Waals surface area contributed by atoms with Gasteiger partial charge in [0.1, 0.15) is 0 Å². The minimum absolute atomic E-state index is 0.0542. The summed E-state index contributed by atoms with van der Waals surface area (Å²) in [6, 6.07) is 6.74. The SMILES string of the molecule is CC(C)(CNC(=O)Nc1ccccc1Br)C(=O)O. The number of carbonyl (C=O) groups is 2. The topological polar surface area (TPSA) is 78.4 Å². The molecule has 1 aromatic rings. The van der Waals surface area contributed by atoms with Crippen LogP contribution in [0.5, 0.6) is 0 Å². The molecule has 0 saturated carbocycles. The summed E-state index contributed by atoms with van der Waals surface area (Å²) in [7, 11) is 0. The molecule has 0 unspecified atom stereocenters. The fraction of sp³-hybridized carbons (Fsp3) is 0.333. The second-order valence-electron chi connectivity index (χ2n) is 4.48. The van der Waals surface area contributed by atoms with Gasteiger partial charge in [-0.3, -0.25) is 4.79 Å². The highest BCUT2D eigenvalue weighted by Crippen LogP contribution is 2.21. The van der Waals surface area contributed by atoms with Crippen LogP contribution in [0.4, 0.5) is 10.5 Å². The lowest BCUT2D eigenvalue weighted by Crippen LogP contribution is -2.40. The predicted octanol–water partition coefficient (Wildman–Crippen LogP) is 2.68. The Labute approximate surface area is 114 Å². The molecule has 6 heteroatoms. The van der Waals surface area contributed by atoms with Crippen molar-refractivity contribution >= 4 is 33.6 Å². The molecule has 0 aliphatic carbocycles. The number of hydrogen-bond donors (Lipinski definition) is 3. The molecule has 98 valence electrons. The molecule has 0 bridgehead atoms. The van der Waals surface area contributed by atoms with Crippen molar-refractivity contribution in [3.8, 4) is 0 Å². The van der Waals surface area contributed by atoms with Crippen LogP contribution in [-0.2, 0) is 4.79 Å². The van der Waals surface area contributed by atoms with E-state index in [9.17, 15) is 9.59 Å². The van der Waals surface area contributed by atoms with Crippen LogP contribution in [0, 0.1) is 5.41 Å². The standard InChI is InChI=1S/C12H15BrN2O3/c1-12(2,10(16)17)7-14-11(18)15-9-6-4-3-5-8(9)13/h3-6H,7H2,1-2H3,(H,16,17)(H2,14,15,18). The van der Waals surface area contributed by atoms with E-state index in [0.717, 1.165) is 4.47 Å². The molecule has 0 saturated heterocycles. The second kappa shape index (κ2) is 5.86. The maximum absolute atomic E-state index is 11.6. The third-order valence-corrected chi connectivity index (χ3v) is 3.08. The molecular formula is C12H15BrN2O3. The van der Waals surface area contributed by atoms with Crippen molar-refractivity contribution in [2.45, 2.75) is 13.8 Å². The Balaban J connectivity index is 2.54. The summed E-state index contributed by atoms with van der Waals surface area (Å²) in [5.41, 5.74) is -0.367. The van der Waals surface area contributed by atoms with E-state index in [4.69, 9.17) is 5.11 Å². The van der Waals surface area contributed by atoms with Crippen LogP contribution < -0.4 is 10.6 Å². The zero-order valence-corrected chi connectivity index (χ0v) is 11.7. The molecule has 3 N–H and O–H groups in total. The van der Waals surface area contributed by atoms with Gasteiger partial charge in [0.2, 0.25) is 0 Å². The molecule has 0 aliphatic rings. The van der Waals surface area contributed by atoms with Gasteiger partial charge in [0.05, 0.1) is 11.1 Å². The average molecular weight is 315 g/mol. The number of carbonyl (C=O) groups excluding carboxylic acids is 1. The maximum atomic E-state index is 11.6. The van der Waals surface area contributed by atoms with Crippen LogP contribution in [0.3, 0.4) is 0 Å². The molecule has 5 nitrogen and oxygen atoms in total. The monoisotopic (exact) mass is 314 g/mol. The minimum Gasteiger partial charge on any atom is -0.481 e. The number of rotatable bonds is 4.